The van der Waals surface area contributed by atoms with E-state index in [1.54, 1.807) is 7.11 Å². The lowest BCUT2D eigenvalue weighted by atomic mass is 9.87. The van der Waals surface area contributed by atoms with E-state index in [1.807, 2.05) is 10.7 Å². The van der Waals surface area contributed by atoms with E-state index in [0.717, 1.165) is 5.52 Å². The van der Waals surface area contributed by atoms with Crippen LogP contribution in [0, 0.1) is 3.57 Å². The standard InChI is InChI=1S/C12H15IN2O/c1-12(2,8-16-3)9-4-5-11-10(13)6-14-15(11)7-9/h4-7H,8H2,1-3H3. The third-order valence-corrected chi connectivity index (χ3v) is 3.59. The highest BCUT2D eigenvalue weighted by molar-refractivity contribution is 14.1. The number of halogens is 1. The Morgan fingerprint density at radius 1 is 1.44 bits per heavy atom. The van der Waals surface area contributed by atoms with Crippen molar-refractivity contribution < 1.29 is 4.74 Å². The third-order valence-electron chi connectivity index (χ3n) is 2.76. The molecule has 2 rings (SSSR count). The van der Waals surface area contributed by atoms with Gasteiger partial charge >= 0.3 is 0 Å². The summed E-state index contributed by atoms with van der Waals surface area (Å²) in [5.41, 5.74) is 2.40. The van der Waals surface area contributed by atoms with Crippen molar-refractivity contribution in [1.29, 1.82) is 0 Å². The topological polar surface area (TPSA) is 26.5 Å². The molecule has 0 aromatic carbocycles. The fraction of sp³-hybridized carbons (Fsp3) is 0.417. The Morgan fingerprint density at radius 2 is 2.19 bits per heavy atom. The number of methoxy groups -OCH3 is 1. The summed E-state index contributed by atoms with van der Waals surface area (Å²) in [4.78, 5) is 0. The van der Waals surface area contributed by atoms with Gasteiger partial charge in [0.1, 0.15) is 0 Å². The van der Waals surface area contributed by atoms with Crippen LogP contribution in [0.3, 0.4) is 0 Å². The fourth-order valence-corrected chi connectivity index (χ4v) is 2.35. The Kier molecular flexibility index (Phi) is 3.21. The third kappa shape index (κ3) is 2.08. The maximum Gasteiger partial charge on any atom is 0.0795 e. The number of fused-ring (bicyclic) bond motifs is 1. The summed E-state index contributed by atoms with van der Waals surface area (Å²) in [6, 6.07) is 4.26. The highest BCUT2D eigenvalue weighted by atomic mass is 127. The van der Waals surface area contributed by atoms with Crippen molar-refractivity contribution in [3.05, 3.63) is 33.7 Å². The lowest BCUT2D eigenvalue weighted by molar-refractivity contribution is 0.146. The number of aromatic nitrogens is 2. The zero-order chi connectivity index (χ0) is 11.8. The first-order valence-electron chi connectivity index (χ1n) is 5.17. The molecule has 86 valence electrons. The number of hydrogen-bond acceptors (Lipinski definition) is 2. The predicted molar refractivity (Wildman–Crippen MR) is 72.8 cm³/mol. The summed E-state index contributed by atoms with van der Waals surface area (Å²) in [6.45, 7) is 5.05. The molecule has 0 atom stereocenters. The Labute approximate surface area is 109 Å². The van der Waals surface area contributed by atoms with E-state index in [0.29, 0.717) is 6.61 Å². The molecule has 0 fully saturated rings. The second-order valence-corrected chi connectivity index (χ2v) is 5.72. The largest absolute Gasteiger partial charge is 0.384 e. The van der Waals surface area contributed by atoms with Gasteiger partial charge in [0.2, 0.25) is 0 Å². The van der Waals surface area contributed by atoms with Crippen LogP contribution in [-0.2, 0) is 10.2 Å². The van der Waals surface area contributed by atoms with Gasteiger partial charge in [0.05, 0.1) is 21.9 Å². The van der Waals surface area contributed by atoms with Crippen molar-refractivity contribution in [1.82, 2.24) is 9.61 Å². The summed E-state index contributed by atoms with van der Waals surface area (Å²) in [7, 11) is 1.73. The van der Waals surface area contributed by atoms with E-state index in [2.05, 4.69) is 59.9 Å². The van der Waals surface area contributed by atoms with Crippen molar-refractivity contribution in [2.24, 2.45) is 0 Å². The number of pyridine rings is 1. The van der Waals surface area contributed by atoms with Gasteiger partial charge in [-0.3, -0.25) is 0 Å². The average molecular weight is 330 g/mol. The van der Waals surface area contributed by atoms with Crippen LogP contribution in [0.5, 0.6) is 0 Å². The molecule has 0 N–H and O–H groups in total. The monoisotopic (exact) mass is 330 g/mol. The van der Waals surface area contributed by atoms with Crippen LogP contribution in [0.1, 0.15) is 19.4 Å². The average Bonchev–Trinajstić information content (AvgIpc) is 2.60. The van der Waals surface area contributed by atoms with Gasteiger partial charge in [0.25, 0.3) is 0 Å². The van der Waals surface area contributed by atoms with Crippen molar-refractivity contribution in [2.75, 3.05) is 13.7 Å². The molecule has 0 unspecified atom stereocenters. The van der Waals surface area contributed by atoms with Crippen LogP contribution in [0.15, 0.2) is 24.5 Å². The number of ether oxygens (including phenoxy) is 1. The minimum Gasteiger partial charge on any atom is -0.384 e. The minimum absolute atomic E-state index is 0.0142. The van der Waals surface area contributed by atoms with Crippen molar-refractivity contribution >= 4 is 28.1 Å². The minimum atomic E-state index is 0.0142. The molecule has 0 saturated carbocycles. The number of hydrogen-bond donors (Lipinski definition) is 0. The SMILES string of the molecule is COCC(C)(C)c1ccc2c(I)cnn2c1. The van der Waals surface area contributed by atoms with Gasteiger partial charge in [-0.25, -0.2) is 4.52 Å². The quantitative estimate of drug-likeness (QED) is 0.809. The van der Waals surface area contributed by atoms with Crippen LogP contribution < -0.4 is 0 Å². The fourth-order valence-electron chi connectivity index (χ4n) is 1.80. The highest BCUT2D eigenvalue weighted by Gasteiger charge is 2.21. The first-order chi connectivity index (χ1) is 7.54. The smallest absolute Gasteiger partial charge is 0.0795 e. The summed E-state index contributed by atoms with van der Waals surface area (Å²) >= 11 is 2.29. The molecule has 4 heteroatoms. The molecule has 3 nitrogen and oxygen atoms in total. The number of rotatable bonds is 3. The van der Waals surface area contributed by atoms with E-state index < -0.39 is 0 Å². The lowest BCUT2D eigenvalue weighted by Crippen LogP contribution is -2.24. The molecule has 0 bridgehead atoms. The highest BCUT2D eigenvalue weighted by Crippen LogP contribution is 2.24. The number of nitrogens with zero attached hydrogens (tertiary/aromatic N) is 2. The Hall–Kier alpha value is -0.620. The maximum absolute atomic E-state index is 5.25. The molecular formula is C12H15IN2O. The van der Waals surface area contributed by atoms with Crippen molar-refractivity contribution in [2.45, 2.75) is 19.3 Å². The van der Waals surface area contributed by atoms with Gasteiger partial charge in [-0.1, -0.05) is 19.9 Å². The van der Waals surface area contributed by atoms with E-state index in [9.17, 15) is 0 Å². The molecule has 2 aromatic heterocycles. The normalized spacial score (nSPS) is 12.2. The van der Waals surface area contributed by atoms with E-state index in [1.165, 1.54) is 9.13 Å². The first kappa shape index (κ1) is 11.9. The molecular weight excluding hydrogens is 315 g/mol. The zero-order valence-corrected chi connectivity index (χ0v) is 11.9. The van der Waals surface area contributed by atoms with Gasteiger partial charge in [-0.2, -0.15) is 5.10 Å². The van der Waals surface area contributed by atoms with Crippen molar-refractivity contribution in [3.8, 4) is 0 Å². The molecule has 0 spiro atoms. The Morgan fingerprint density at radius 3 is 2.88 bits per heavy atom. The molecule has 0 saturated heterocycles. The molecule has 2 aromatic rings. The van der Waals surface area contributed by atoms with Crippen molar-refractivity contribution in [3.63, 3.8) is 0 Å². The molecule has 16 heavy (non-hydrogen) atoms. The summed E-state index contributed by atoms with van der Waals surface area (Å²) in [5, 5.41) is 4.32. The van der Waals surface area contributed by atoms with Crippen LogP contribution in [0.4, 0.5) is 0 Å². The second-order valence-electron chi connectivity index (χ2n) is 4.56. The van der Waals surface area contributed by atoms with E-state index in [4.69, 9.17) is 4.74 Å². The van der Waals surface area contributed by atoms with Crippen LogP contribution >= 0.6 is 22.6 Å². The lowest BCUT2D eigenvalue weighted by Gasteiger charge is -2.24. The molecule has 0 aliphatic rings. The van der Waals surface area contributed by atoms with E-state index >= 15 is 0 Å². The molecule has 2 heterocycles. The molecule has 0 amide bonds. The molecule has 0 radical (unpaired) electrons. The van der Waals surface area contributed by atoms with Gasteiger partial charge in [0, 0.05) is 18.7 Å². The summed E-state index contributed by atoms with van der Waals surface area (Å²) in [5.74, 6) is 0. The van der Waals surface area contributed by atoms with Crippen LogP contribution in [-0.4, -0.2) is 23.3 Å². The Balaban J connectivity index is 2.46. The zero-order valence-electron chi connectivity index (χ0n) is 9.70. The summed E-state index contributed by atoms with van der Waals surface area (Å²) < 4.78 is 8.35. The summed E-state index contributed by atoms with van der Waals surface area (Å²) in [6.07, 6.45) is 3.96. The Bertz CT molecular complexity index is 505. The molecule has 0 aliphatic carbocycles. The maximum atomic E-state index is 5.25. The van der Waals surface area contributed by atoms with E-state index in [-0.39, 0.29) is 5.41 Å². The van der Waals surface area contributed by atoms with Gasteiger partial charge in [0.15, 0.2) is 0 Å². The van der Waals surface area contributed by atoms with Crippen LogP contribution in [0.25, 0.3) is 5.52 Å². The first-order valence-corrected chi connectivity index (χ1v) is 6.25. The van der Waals surface area contributed by atoms with Gasteiger partial charge < -0.3 is 4.74 Å². The molecule has 0 aliphatic heterocycles. The van der Waals surface area contributed by atoms with Gasteiger partial charge in [-0.15, -0.1) is 0 Å². The second kappa shape index (κ2) is 4.33. The van der Waals surface area contributed by atoms with Crippen LogP contribution in [0.2, 0.25) is 0 Å². The van der Waals surface area contributed by atoms with Gasteiger partial charge in [-0.05, 0) is 34.2 Å². The predicted octanol–water partition coefficient (Wildman–Crippen LogP) is 2.86.